The summed E-state index contributed by atoms with van der Waals surface area (Å²) in [5.41, 5.74) is 0.272. The minimum Gasteiger partial charge on any atom is -0.292 e. The molecule has 2 aromatic rings. The summed E-state index contributed by atoms with van der Waals surface area (Å²) in [6.45, 7) is -0.250. The third-order valence-electron chi connectivity index (χ3n) is 3.00. The van der Waals surface area contributed by atoms with E-state index in [1.54, 1.807) is 18.2 Å². The molecule has 3 rings (SSSR count). The number of nitrogens with zero attached hydrogens (tertiary/aromatic N) is 2. The first-order valence-electron chi connectivity index (χ1n) is 5.78. The van der Waals surface area contributed by atoms with Gasteiger partial charge in [-0.3, -0.25) is 4.79 Å². The summed E-state index contributed by atoms with van der Waals surface area (Å²) in [5, 5.41) is 0.145. The van der Waals surface area contributed by atoms with Crippen LogP contribution in [-0.4, -0.2) is 25.7 Å². The molecule has 0 radical (unpaired) electrons. The number of carbonyl (C=O) groups is 1. The van der Waals surface area contributed by atoms with Crippen molar-refractivity contribution in [3.8, 4) is 0 Å². The molecule has 0 fully saturated rings. The van der Waals surface area contributed by atoms with Gasteiger partial charge in [0.25, 0.3) is 10.0 Å². The van der Waals surface area contributed by atoms with E-state index in [0.717, 1.165) is 4.31 Å². The Balaban J connectivity index is 2.15. The first-order chi connectivity index (χ1) is 9.50. The molecule has 0 bridgehead atoms. The summed E-state index contributed by atoms with van der Waals surface area (Å²) in [7, 11) is -3.81. The van der Waals surface area contributed by atoms with E-state index >= 15 is 0 Å². The summed E-state index contributed by atoms with van der Waals surface area (Å²) in [4.78, 5) is 16.0. The quantitative estimate of drug-likeness (QED) is 0.797. The van der Waals surface area contributed by atoms with Gasteiger partial charge in [-0.05, 0) is 24.3 Å². The number of fused-ring (bicyclic) bond motifs is 1. The fourth-order valence-electron chi connectivity index (χ4n) is 2.04. The number of aromatic nitrogens is 1. The van der Waals surface area contributed by atoms with Gasteiger partial charge in [0.2, 0.25) is 0 Å². The second kappa shape index (κ2) is 4.57. The number of hydrogen-bond acceptors (Lipinski definition) is 4. The van der Waals surface area contributed by atoms with Crippen LogP contribution in [0, 0.1) is 0 Å². The van der Waals surface area contributed by atoms with Gasteiger partial charge in [0.15, 0.2) is 11.6 Å². The standard InChI is InChI=1S/C13H9ClN2O3S/c14-12-7-6-10-11(17)8-16(13(10)15-12)20(18,19)9-4-2-1-3-5-9/h1-7H,8H2. The number of halogens is 1. The monoisotopic (exact) mass is 308 g/mol. The van der Waals surface area contributed by atoms with Gasteiger partial charge in [0.05, 0.1) is 17.0 Å². The van der Waals surface area contributed by atoms with Crippen molar-refractivity contribution in [1.29, 1.82) is 0 Å². The fourth-order valence-corrected chi connectivity index (χ4v) is 3.59. The molecule has 1 aromatic heterocycles. The third-order valence-corrected chi connectivity index (χ3v) is 4.96. The highest BCUT2D eigenvalue weighted by molar-refractivity contribution is 7.93. The minimum absolute atomic E-state index is 0.0892. The first kappa shape index (κ1) is 13.1. The Morgan fingerprint density at radius 3 is 2.50 bits per heavy atom. The number of rotatable bonds is 2. The van der Waals surface area contributed by atoms with Crippen molar-refractivity contribution in [3.05, 3.63) is 53.2 Å². The fraction of sp³-hybridized carbons (Fsp3) is 0.0769. The van der Waals surface area contributed by atoms with Crippen LogP contribution < -0.4 is 4.31 Å². The molecule has 0 spiro atoms. The van der Waals surface area contributed by atoms with E-state index < -0.39 is 10.0 Å². The number of carbonyl (C=O) groups excluding carboxylic acids is 1. The van der Waals surface area contributed by atoms with E-state index in [4.69, 9.17) is 11.6 Å². The van der Waals surface area contributed by atoms with Gasteiger partial charge in [-0.2, -0.15) is 0 Å². The van der Waals surface area contributed by atoms with Crippen molar-refractivity contribution in [2.24, 2.45) is 0 Å². The summed E-state index contributed by atoms with van der Waals surface area (Å²) >= 11 is 5.79. The summed E-state index contributed by atoms with van der Waals surface area (Å²) in [5.74, 6) is -0.199. The largest absolute Gasteiger partial charge is 0.292 e. The maximum Gasteiger partial charge on any atom is 0.265 e. The summed E-state index contributed by atoms with van der Waals surface area (Å²) in [6, 6.07) is 10.9. The zero-order valence-corrected chi connectivity index (χ0v) is 11.7. The van der Waals surface area contributed by atoms with Gasteiger partial charge in [0.1, 0.15) is 5.15 Å². The average molecular weight is 309 g/mol. The highest BCUT2D eigenvalue weighted by Crippen LogP contribution is 2.32. The zero-order chi connectivity index (χ0) is 14.3. The number of sulfonamides is 1. The molecule has 0 saturated heterocycles. The number of pyridine rings is 1. The molecular weight excluding hydrogens is 300 g/mol. The van der Waals surface area contributed by atoms with Gasteiger partial charge in [-0.1, -0.05) is 29.8 Å². The van der Waals surface area contributed by atoms with E-state index in [2.05, 4.69) is 4.98 Å². The van der Waals surface area contributed by atoms with E-state index in [0.29, 0.717) is 0 Å². The van der Waals surface area contributed by atoms with Crippen LogP contribution in [-0.2, 0) is 10.0 Å². The maximum atomic E-state index is 12.5. The highest BCUT2D eigenvalue weighted by atomic mass is 35.5. The zero-order valence-electron chi connectivity index (χ0n) is 10.2. The minimum atomic E-state index is -3.81. The van der Waals surface area contributed by atoms with Crippen molar-refractivity contribution >= 4 is 33.2 Å². The molecule has 20 heavy (non-hydrogen) atoms. The highest BCUT2D eigenvalue weighted by Gasteiger charge is 2.37. The molecule has 102 valence electrons. The third kappa shape index (κ3) is 1.97. The van der Waals surface area contributed by atoms with Crippen LogP contribution in [0.1, 0.15) is 10.4 Å². The molecule has 7 heteroatoms. The van der Waals surface area contributed by atoms with Crippen LogP contribution in [0.15, 0.2) is 47.4 Å². The lowest BCUT2D eigenvalue weighted by atomic mass is 10.2. The molecule has 0 saturated carbocycles. The maximum absolute atomic E-state index is 12.5. The Morgan fingerprint density at radius 2 is 1.80 bits per heavy atom. The summed E-state index contributed by atoms with van der Waals surface area (Å²) < 4.78 is 26.1. The Kier molecular flexibility index (Phi) is 2.99. The molecule has 1 aromatic carbocycles. The number of anilines is 1. The molecule has 5 nitrogen and oxygen atoms in total. The number of hydrogen-bond donors (Lipinski definition) is 0. The molecule has 0 amide bonds. The van der Waals surface area contributed by atoms with Crippen molar-refractivity contribution in [2.75, 3.05) is 10.8 Å². The molecule has 0 unspecified atom stereocenters. The second-order valence-electron chi connectivity index (χ2n) is 4.25. The van der Waals surface area contributed by atoms with Gasteiger partial charge in [0, 0.05) is 0 Å². The van der Waals surface area contributed by atoms with E-state index in [-0.39, 0.29) is 33.8 Å². The lowest BCUT2D eigenvalue weighted by Crippen LogP contribution is -2.30. The van der Waals surface area contributed by atoms with Crippen LogP contribution >= 0.6 is 11.6 Å². The second-order valence-corrected chi connectivity index (χ2v) is 6.50. The Labute approximate surface area is 120 Å². The van der Waals surface area contributed by atoms with Crippen LogP contribution in [0.5, 0.6) is 0 Å². The molecular formula is C13H9ClN2O3S. The topological polar surface area (TPSA) is 67.3 Å². The lowest BCUT2D eigenvalue weighted by Gasteiger charge is -2.17. The SMILES string of the molecule is O=C1CN(S(=O)(=O)c2ccccc2)c2nc(Cl)ccc21. The number of Topliss-reactive ketones (excluding diaryl/α,β-unsaturated/α-hetero) is 1. The number of ketones is 1. The molecule has 0 atom stereocenters. The average Bonchev–Trinajstić information content (AvgIpc) is 2.77. The Morgan fingerprint density at radius 1 is 1.10 bits per heavy atom. The molecule has 0 aliphatic carbocycles. The van der Waals surface area contributed by atoms with E-state index in [9.17, 15) is 13.2 Å². The summed E-state index contributed by atoms with van der Waals surface area (Å²) in [6.07, 6.45) is 0. The van der Waals surface area contributed by atoms with Crippen LogP contribution in [0.2, 0.25) is 5.15 Å². The molecule has 0 N–H and O–H groups in total. The predicted molar refractivity (Wildman–Crippen MR) is 74.6 cm³/mol. The molecule has 2 heterocycles. The molecule has 1 aliphatic rings. The van der Waals surface area contributed by atoms with Crippen molar-refractivity contribution in [2.45, 2.75) is 4.90 Å². The Hall–Kier alpha value is -1.92. The first-order valence-corrected chi connectivity index (χ1v) is 7.59. The van der Waals surface area contributed by atoms with Gasteiger partial charge in [-0.15, -0.1) is 0 Å². The number of benzene rings is 1. The van der Waals surface area contributed by atoms with Crippen molar-refractivity contribution < 1.29 is 13.2 Å². The van der Waals surface area contributed by atoms with Crippen molar-refractivity contribution in [3.63, 3.8) is 0 Å². The smallest absolute Gasteiger partial charge is 0.265 e. The van der Waals surface area contributed by atoms with Crippen LogP contribution in [0.25, 0.3) is 0 Å². The van der Waals surface area contributed by atoms with Crippen LogP contribution in [0.4, 0.5) is 5.82 Å². The van der Waals surface area contributed by atoms with Gasteiger partial charge in [-0.25, -0.2) is 17.7 Å². The van der Waals surface area contributed by atoms with Crippen LogP contribution in [0.3, 0.4) is 0 Å². The van der Waals surface area contributed by atoms with Gasteiger partial charge >= 0.3 is 0 Å². The normalized spacial score (nSPS) is 14.4. The Bertz CT molecular complexity index is 791. The van der Waals surface area contributed by atoms with E-state index in [1.807, 2.05) is 0 Å². The van der Waals surface area contributed by atoms with E-state index in [1.165, 1.54) is 24.3 Å². The van der Waals surface area contributed by atoms with Gasteiger partial charge < -0.3 is 0 Å². The predicted octanol–water partition coefficient (Wildman–Crippen LogP) is 2.13. The lowest BCUT2D eigenvalue weighted by molar-refractivity contribution is 0.101. The van der Waals surface area contributed by atoms with Crippen molar-refractivity contribution in [1.82, 2.24) is 4.98 Å². The molecule has 1 aliphatic heterocycles.